The maximum Gasteiger partial charge on any atom is 0.329 e. The predicted molar refractivity (Wildman–Crippen MR) is 124 cm³/mol. The highest BCUT2D eigenvalue weighted by Crippen LogP contribution is 2.25. The van der Waals surface area contributed by atoms with Gasteiger partial charge < -0.3 is 14.6 Å². The summed E-state index contributed by atoms with van der Waals surface area (Å²) in [4.78, 5) is 31.3. The number of nitrogens with one attached hydrogen (secondary N) is 1. The Morgan fingerprint density at radius 3 is 2.58 bits per heavy atom. The molecule has 172 valence electrons. The van der Waals surface area contributed by atoms with Gasteiger partial charge in [-0.3, -0.25) is 18.9 Å². The molecule has 1 atom stereocenters. The summed E-state index contributed by atoms with van der Waals surface area (Å²) in [5.41, 5.74) is 2.32. The van der Waals surface area contributed by atoms with Crippen LogP contribution < -0.4 is 20.7 Å². The van der Waals surface area contributed by atoms with E-state index in [-0.39, 0.29) is 30.3 Å². The van der Waals surface area contributed by atoms with E-state index in [4.69, 9.17) is 9.47 Å². The van der Waals surface area contributed by atoms with Crippen molar-refractivity contribution in [2.24, 2.45) is 7.05 Å². The molecule has 2 aromatic carbocycles. The first kappa shape index (κ1) is 22.3. The van der Waals surface area contributed by atoms with Gasteiger partial charge in [-0.1, -0.05) is 18.2 Å². The number of nitrogens with zero attached hydrogens (tertiary/aromatic N) is 3. The second-order valence-electron chi connectivity index (χ2n) is 8.12. The Morgan fingerprint density at radius 1 is 1.06 bits per heavy atom. The van der Waals surface area contributed by atoms with Gasteiger partial charge >= 0.3 is 11.7 Å². The lowest BCUT2D eigenvalue weighted by molar-refractivity contribution is 0.0915. The van der Waals surface area contributed by atoms with Crippen LogP contribution in [-0.2, 0) is 13.6 Å². The minimum Gasteiger partial charge on any atom is -0.491 e. The van der Waals surface area contributed by atoms with E-state index >= 15 is 0 Å². The predicted octanol–water partition coefficient (Wildman–Crippen LogP) is 2.58. The molecular weight excluding hydrogens is 424 g/mol. The van der Waals surface area contributed by atoms with Crippen molar-refractivity contribution < 1.29 is 14.6 Å². The van der Waals surface area contributed by atoms with E-state index in [0.29, 0.717) is 11.5 Å². The molecule has 0 aliphatic heterocycles. The van der Waals surface area contributed by atoms with Gasteiger partial charge in [0.05, 0.1) is 6.54 Å². The Hall–Kier alpha value is -3.85. The first-order chi connectivity index (χ1) is 15.7. The van der Waals surface area contributed by atoms with Gasteiger partial charge in [0, 0.05) is 7.05 Å². The lowest BCUT2D eigenvalue weighted by Crippen LogP contribution is -2.30. The highest BCUT2D eigenvalue weighted by atomic mass is 16.5. The van der Waals surface area contributed by atoms with Crippen molar-refractivity contribution in [3.8, 4) is 17.5 Å². The Bertz CT molecular complexity index is 1430. The fraction of sp³-hybridized carbons (Fsp3) is 0.292. The van der Waals surface area contributed by atoms with Crippen molar-refractivity contribution in [2.45, 2.75) is 33.4 Å². The maximum absolute atomic E-state index is 12.6. The lowest BCUT2D eigenvalue weighted by Gasteiger charge is -2.16. The fourth-order valence-corrected chi connectivity index (χ4v) is 3.51. The summed E-state index contributed by atoms with van der Waals surface area (Å²) in [6.45, 7) is 5.90. The minimum atomic E-state index is -0.972. The highest BCUT2D eigenvalue weighted by Gasteiger charge is 2.21. The quantitative estimate of drug-likeness (QED) is 0.448. The minimum absolute atomic E-state index is 0.00424. The number of H-pyrrole nitrogens is 1. The molecule has 0 saturated heterocycles. The number of aliphatic hydroxyl groups excluding tert-OH is 1. The molecule has 0 amide bonds. The molecule has 0 bridgehead atoms. The van der Waals surface area contributed by atoms with Crippen LogP contribution >= 0.6 is 0 Å². The van der Waals surface area contributed by atoms with Crippen LogP contribution in [0.5, 0.6) is 17.5 Å². The van der Waals surface area contributed by atoms with Gasteiger partial charge in [0.2, 0.25) is 0 Å². The molecule has 9 nitrogen and oxygen atoms in total. The third kappa shape index (κ3) is 4.68. The number of benzene rings is 2. The van der Waals surface area contributed by atoms with E-state index < -0.39 is 17.4 Å². The number of rotatable bonds is 7. The number of aromatic amines is 1. The summed E-state index contributed by atoms with van der Waals surface area (Å²) in [7, 11) is 1.51. The van der Waals surface area contributed by atoms with Crippen molar-refractivity contribution in [2.75, 3.05) is 6.61 Å². The van der Waals surface area contributed by atoms with Crippen LogP contribution in [0.15, 0.2) is 52.1 Å². The average Bonchev–Trinajstić information content (AvgIpc) is 3.11. The topological polar surface area (TPSA) is 111 Å². The molecule has 0 fully saturated rings. The number of hydrogen-bond donors (Lipinski definition) is 2. The van der Waals surface area contributed by atoms with E-state index in [0.717, 1.165) is 16.7 Å². The van der Waals surface area contributed by atoms with E-state index in [1.54, 1.807) is 6.07 Å². The Morgan fingerprint density at radius 2 is 1.85 bits per heavy atom. The van der Waals surface area contributed by atoms with Crippen molar-refractivity contribution in [3.05, 3.63) is 80.0 Å². The van der Waals surface area contributed by atoms with Crippen molar-refractivity contribution in [1.82, 2.24) is 19.1 Å². The van der Waals surface area contributed by atoms with E-state index in [1.165, 1.54) is 16.2 Å². The smallest absolute Gasteiger partial charge is 0.329 e. The van der Waals surface area contributed by atoms with Crippen LogP contribution in [0.2, 0.25) is 0 Å². The summed E-state index contributed by atoms with van der Waals surface area (Å²) >= 11 is 0. The van der Waals surface area contributed by atoms with Crippen molar-refractivity contribution >= 4 is 11.2 Å². The number of aryl methyl sites for hydroxylation is 4. The molecule has 0 aliphatic rings. The monoisotopic (exact) mass is 450 g/mol. The zero-order valence-electron chi connectivity index (χ0n) is 19.0. The first-order valence-electron chi connectivity index (χ1n) is 10.5. The molecule has 0 radical (unpaired) electrons. The van der Waals surface area contributed by atoms with Gasteiger partial charge in [-0.05, 0) is 61.7 Å². The van der Waals surface area contributed by atoms with Crippen LogP contribution in [0.1, 0.15) is 16.7 Å². The standard InChI is InChI=1S/C24H26N4O5/c1-14-6-5-7-19(10-14)33-24-25-21-20(22(30)26-23(31)27(21)4)28(24)12-17(29)13-32-18-9-8-15(2)16(3)11-18/h5-11,17,29H,12-13H2,1-4H3,(H,26,30,31)/t17-/m1/s1. The average molecular weight is 450 g/mol. The fourth-order valence-electron chi connectivity index (χ4n) is 3.51. The van der Waals surface area contributed by atoms with E-state index in [2.05, 4.69) is 9.97 Å². The molecule has 2 N–H and O–H groups in total. The third-order valence-electron chi connectivity index (χ3n) is 5.48. The molecule has 4 aromatic rings. The van der Waals surface area contributed by atoms with Gasteiger partial charge in [-0.2, -0.15) is 4.98 Å². The Labute approximate surface area is 189 Å². The van der Waals surface area contributed by atoms with Crippen molar-refractivity contribution in [3.63, 3.8) is 0 Å². The van der Waals surface area contributed by atoms with Gasteiger partial charge in [-0.25, -0.2) is 4.79 Å². The second-order valence-corrected chi connectivity index (χ2v) is 8.12. The van der Waals surface area contributed by atoms with Gasteiger partial charge in [0.1, 0.15) is 24.2 Å². The molecule has 9 heteroatoms. The zero-order chi connectivity index (χ0) is 23.7. The largest absolute Gasteiger partial charge is 0.491 e. The molecule has 2 aromatic heterocycles. The number of ether oxygens (including phenoxy) is 2. The van der Waals surface area contributed by atoms with E-state index in [9.17, 15) is 14.7 Å². The highest BCUT2D eigenvalue weighted by molar-refractivity contribution is 5.71. The normalized spacial score (nSPS) is 12.2. The first-order valence-corrected chi connectivity index (χ1v) is 10.5. The van der Waals surface area contributed by atoms with Crippen LogP contribution in [0.3, 0.4) is 0 Å². The summed E-state index contributed by atoms with van der Waals surface area (Å²) in [5, 5.41) is 10.7. The number of hydrogen-bond acceptors (Lipinski definition) is 6. The molecule has 0 spiro atoms. The molecule has 0 saturated carbocycles. The van der Waals surface area contributed by atoms with Crippen molar-refractivity contribution in [1.29, 1.82) is 0 Å². The maximum atomic E-state index is 12.6. The molecule has 33 heavy (non-hydrogen) atoms. The number of aromatic nitrogens is 4. The SMILES string of the molecule is Cc1cccc(Oc2nc3c(c(=O)[nH]c(=O)n3C)n2C[C@@H](O)COc2ccc(C)c(C)c2)c1. The summed E-state index contributed by atoms with van der Waals surface area (Å²) in [6, 6.07) is 13.1. The van der Waals surface area contributed by atoms with Gasteiger partial charge in [-0.15, -0.1) is 0 Å². The second kappa shape index (κ2) is 8.95. The van der Waals surface area contributed by atoms with Crippen LogP contribution in [0.25, 0.3) is 11.2 Å². The van der Waals surface area contributed by atoms with Crippen LogP contribution in [0.4, 0.5) is 0 Å². The van der Waals surface area contributed by atoms with Crippen LogP contribution in [-0.4, -0.2) is 36.9 Å². The molecule has 0 aliphatic carbocycles. The molecular formula is C24H26N4O5. The summed E-state index contributed by atoms with van der Waals surface area (Å²) in [6.07, 6.45) is -0.972. The zero-order valence-corrected chi connectivity index (χ0v) is 19.0. The molecule has 4 rings (SSSR count). The molecule has 0 unspecified atom stereocenters. The number of aliphatic hydroxyl groups is 1. The van der Waals surface area contributed by atoms with Gasteiger partial charge in [0.25, 0.3) is 5.56 Å². The third-order valence-corrected chi connectivity index (χ3v) is 5.48. The Kier molecular flexibility index (Phi) is 6.06. The van der Waals surface area contributed by atoms with Crippen LogP contribution in [0, 0.1) is 20.8 Å². The lowest BCUT2D eigenvalue weighted by atomic mass is 10.1. The Balaban J connectivity index is 1.66. The van der Waals surface area contributed by atoms with E-state index in [1.807, 2.05) is 57.2 Å². The summed E-state index contributed by atoms with van der Waals surface area (Å²) in [5.74, 6) is 1.16. The van der Waals surface area contributed by atoms with Gasteiger partial charge in [0.15, 0.2) is 11.2 Å². The number of fused-ring (bicyclic) bond motifs is 1. The summed E-state index contributed by atoms with van der Waals surface area (Å²) < 4.78 is 14.4. The number of imidazole rings is 1. The molecule has 2 heterocycles.